The summed E-state index contributed by atoms with van der Waals surface area (Å²) in [6, 6.07) is 6.90. The van der Waals surface area contributed by atoms with E-state index in [0.29, 0.717) is 0 Å². The molecule has 2 N–H and O–H groups in total. The first-order valence-electron chi connectivity index (χ1n) is 5.21. The Morgan fingerprint density at radius 3 is 2.64 bits per heavy atom. The van der Waals surface area contributed by atoms with Gasteiger partial charge in [-0.15, -0.1) is 0 Å². The molecule has 1 aromatic rings. The molecule has 1 heteroatoms. The molecule has 0 amide bonds. The lowest BCUT2D eigenvalue weighted by molar-refractivity contribution is 0.782. The number of hydrogen-bond donors (Lipinski definition) is 1. The van der Waals surface area contributed by atoms with Gasteiger partial charge in [-0.3, -0.25) is 0 Å². The number of rotatable bonds is 1. The third-order valence-corrected chi connectivity index (χ3v) is 2.89. The summed E-state index contributed by atoms with van der Waals surface area (Å²) in [4.78, 5) is 0. The molecule has 1 unspecified atom stereocenters. The SMILES string of the molecule is Cc1ccc(C2=CC(N)CC2)c(C)c1. The topological polar surface area (TPSA) is 26.0 Å². The highest BCUT2D eigenvalue weighted by molar-refractivity contribution is 5.70. The molecule has 14 heavy (non-hydrogen) atoms. The molecule has 74 valence electrons. The van der Waals surface area contributed by atoms with E-state index in [2.05, 4.69) is 38.1 Å². The number of benzene rings is 1. The molecule has 2 rings (SSSR count). The molecule has 1 aliphatic carbocycles. The molecule has 1 aliphatic rings. The maximum atomic E-state index is 5.87. The van der Waals surface area contributed by atoms with Gasteiger partial charge in [0.2, 0.25) is 0 Å². The Labute approximate surface area is 85.6 Å². The molecule has 0 aromatic heterocycles. The van der Waals surface area contributed by atoms with E-state index in [-0.39, 0.29) is 6.04 Å². The van der Waals surface area contributed by atoms with Crippen molar-refractivity contribution in [1.82, 2.24) is 0 Å². The van der Waals surface area contributed by atoms with Crippen LogP contribution in [0.3, 0.4) is 0 Å². The molecule has 1 atom stereocenters. The Morgan fingerprint density at radius 2 is 2.07 bits per heavy atom. The van der Waals surface area contributed by atoms with Crippen molar-refractivity contribution in [3.63, 3.8) is 0 Å². The normalized spacial score (nSPS) is 21.1. The Balaban J connectivity index is 2.37. The summed E-state index contributed by atoms with van der Waals surface area (Å²) in [6.45, 7) is 4.30. The molecule has 0 heterocycles. The molecule has 0 saturated heterocycles. The maximum Gasteiger partial charge on any atom is 0.0232 e. The van der Waals surface area contributed by atoms with Gasteiger partial charge in [0.25, 0.3) is 0 Å². The molecule has 1 nitrogen and oxygen atoms in total. The van der Waals surface area contributed by atoms with Crippen molar-refractivity contribution in [2.45, 2.75) is 32.7 Å². The lowest BCUT2D eigenvalue weighted by Crippen LogP contribution is -2.11. The first kappa shape index (κ1) is 9.47. The molecule has 0 fully saturated rings. The van der Waals surface area contributed by atoms with Crippen LogP contribution in [0.1, 0.15) is 29.5 Å². The zero-order chi connectivity index (χ0) is 10.1. The maximum absolute atomic E-state index is 5.87. The Hall–Kier alpha value is -1.08. The number of aryl methyl sites for hydroxylation is 2. The first-order chi connectivity index (χ1) is 6.66. The summed E-state index contributed by atoms with van der Waals surface area (Å²) in [5.74, 6) is 0. The van der Waals surface area contributed by atoms with Gasteiger partial charge in [0.05, 0.1) is 0 Å². The predicted octanol–water partition coefficient (Wildman–Crippen LogP) is 2.81. The lowest BCUT2D eigenvalue weighted by atomic mass is 9.98. The minimum Gasteiger partial charge on any atom is -0.324 e. The van der Waals surface area contributed by atoms with Gasteiger partial charge in [-0.1, -0.05) is 29.8 Å². The van der Waals surface area contributed by atoms with Crippen LogP contribution in [0.15, 0.2) is 24.3 Å². The van der Waals surface area contributed by atoms with Crippen LogP contribution in [0.25, 0.3) is 5.57 Å². The van der Waals surface area contributed by atoms with Gasteiger partial charge < -0.3 is 5.73 Å². The van der Waals surface area contributed by atoms with E-state index >= 15 is 0 Å². The van der Waals surface area contributed by atoms with E-state index in [1.54, 1.807) is 0 Å². The zero-order valence-electron chi connectivity index (χ0n) is 8.88. The Bertz CT molecular complexity index is 377. The molecule has 0 spiro atoms. The number of hydrogen-bond acceptors (Lipinski definition) is 1. The lowest BCUT2D eigenvalue weighted by Gasteiger charge is -2.07. The van der Waals surface area contributed by atoms with Crippen molar-refractivity contribution in [3.05, 3.63) is 41.0 Å². The Morgan fingerprint density at radius 1 is 1.29 bits per heavy atom. The predicted molar refractivity (Wildman–Crippen MR) is 61.1 cm³/mol. The molecule has 0 bridgehead atoms. The van der Waals surface area contributed by atoms with Crippen LogP contribution in [0.2, 0.25) is 0 Å². The summed E-state index contributed by atoms with van der Waals surface area (Å²) < 4.78 is 0. The van der Waals surface area contributed by atoms with Crippen molar-refractivity contribution >= 4 is 5.57 Å². The smallest absolute Gasteiger partial charge is 0.0232 e. The monoisotopic (exact) mass is 187 g/mol. The van der Waals surface area contributed by atoms with Crippen LogP contribution >= 0.6 is 0 Å². The average molecular weight is 187 g/mol. The van der Waals surface area contributed by atoms with E-state index in [1.165, 1.54) is 22.3 Å². The largest absolute Gasteiger partial charge is 0.324 e. The van der Waals surface area contributed by atoms with E-state index in [1.807, 2.05) is 0 Å². The molecule has 0 radical (unpaired) electrons. The number of allylic oxidation sites excluding steroid dienone is 1. The van der Waals surface area contributed by atoms with E-state index in [4.69, 9.17) is 5.73 Å². The second-order valence-electron chi connectivity index (χ2n) is 4.21. The highest BCUT2D eigenvalue weighted by atomic mass is 14.6. The quantitative estimate of drug-likeness (QED) is 0.718. The summed E-state index contributed by atoms with van der Waals surface area (Å²) in [6.07, 6.45) is 4.44. The zero-order valence-corrected chi connectivity index (χ0v) is 8.88. The van der Waals surface area contributed by atoms with Crippen molar-refractivity contribution in [3.8, 4) is 0 Å². The summed E-state index contributed by atoms with van der Waals surface area (Å²) in [7, 11) is 0. The van der Waals surface area contributed by atoms with Crippen molar-refractivity contribution in [1.29, 1.82) is 0 Å². The highest BCUT2D eigenvalue weighted by Crippen LogP contribution is 2.29. The molecule has 0 saturated carbocycles. The van der Waals surface area contributed by atoms with Gasteiger partial charge in [0.15, 0.2) is 0 Å². The first-order valence-corrected chi connectivity index (χ1v) is 5.21. The third-order valence-electron chi connectivity index (χ3n) is 2.89. The fourth-order valence-electron chi connectivity index (χ4n) is 2.15. The van der Waals surface area contributed by atoms with E-state index < -0.39 is 0 Å². The van der Waals surface area contributed by atoms with Crippen LogP contribution in [0.5, 0.6) is 0 Å². The summed E-state index contributed by atoms with van der Waals surface area (Å²) in [5.41, 5.74) is 11.4. The second-order valence-corrected chi connectivity index (χ2v) is 4.21. The molecular weight excluding hydrogens is 170 g/mol. The van der Waals surface area contributed by atoms with Crippen molar-refractivity contribution in [2.75, 3.05) is 0 Å². The van der Waals surface area contributed by atoms with E-state index in [9.17, 15) is 0 Å². The summed E-state index contributed by atoms with van der Waals surface area (Å²) >= 11 is 0. The molecule has 1 aromatic carbocycles. The van der Waals surface area contributed by atoms with Gasteiger partial charge >= 0.3 is 0 Å². The summed E-state index contributed by atoms with van der Waals surface area (Å²) in [5, 5.41) is 0. The van der Waals surface area contributed by atoms with Crippen LogP contribution in [-0.2, 0) is 0 Å². The fourth-order valence-corrected chi connectivity index (χ4v) is 2.15. The van der Waals surface area contributed by atoms with Gasteiger partial charge in [0, 0.05) is 6.04 Å². The van der Waals surface area contributed by atoms with E-state index in [0.717, 1.165) is 12.8 Å². The van der Waals surface area contributed by atoms with Crippen LogP contribution in [-0.4, -0.2) is 6.04 Å². The second kappa shape index (κ2) is 3.58. The fraction of sp³-hybridized carbons (Fsp3) is 0.385. The van der Waals surface area contributed by atoms with Gasteiger partial charge in [-0.05, 0) is 43.4 Å². The van der Waals surface area contributed by atoms with Crippen molar-refractivity contribution < 1.29 is 0 Å². The third kappa shape index (κ3) is 1.73. The van der Waals surface area contributed by atoms with Crippen LogP contribution in [0.4, 0.5) is 0 Å². The standard InChI is InChI=1S/C13H17N/c1-9-3-6-13(10(2)7-9)11-4-5-12(14)8-11/h3,6-8,12H,4-5,14H2,1-2H3. The highest BCUT2D eigenvalue weighted by Gasteiger charge is 2.14. The van der Waals surface area contributed by atoms with Crippen LogP contribution in [0, 0.1) is 13.8 Å². The molecule has 0 aliphatic heterocycles. The number of nitrogens with two attached hydrogens (primary N) is 1. The Kier molecular flexibility index (Phi) is 2.42. The average Bonchev–Trinajstić information content (AvgIpc) is 2.51. The molecular formula is C13H17N. The van der Waals surface area contributed by atoms with Gasteiger partial charge in [0.1, 0.15) is 0 Å². The van der Waals surface area contributed by atoms with Crippen LogP contribution < -0.4 is 5.73 Å². The minimum atomic E-state index is 0.269. The minimum absolute atomic E-state index is 0.269. The van der Waals surface area contributed by atoms with Gasteiger partial charge in [-0.2, -0.15) is 0 Å². The van der Waals surface area contributed by atoms with Gasteiger partial charge in [-0.25, -0.2) is 0 Å². The van der Waals surface area contributed by atoms with Crippen molar-refractivity contribution in [2.24, 2.45) is 5.73 Å².